The Bertz CT molecular complexity index is 548. The molecular formula is C23H39NO2. The lowest BCUT2D eigenvalue weighted by Crippen LogP contribution is -2.61. The van der Waals surface area contributed by atoms with Gasteiger partial charge in [0.05, 0.1) is 6.10 Å². The minimum Gasteiger partial charge on any atom is -0.378 e. The standard InChI is InChI=1S/C23H39NO2/c1-5-13-26-19-14-15(6-2)21-16-7-8-18-22(3,12-10-20(25)24-18)17(16)9-11-23(19,21)4/h15-19,21H,5-14H2,1-4H3,(H,24,25)/t15?,16-,17+,18-,19?,21+,22-,23-/m1/s1. The molecular weight excluding hydrogens is 322 g/mol. The van der Waals surface area contributed by atoms with Crippen molar-refractivity contribution in [2.75, 3.05) is 6.61 Å². The normalized spacial score (nSPS) is 50.5. The fraction of sp³-hybridized carbons (Fsp3) is 0.957. The molecule has 0 aromatic heterocycles. The topological polar surface area (TPSA) is 38.3 Å². The van der Waals surface area contributed by atoms with Gasteiger partial charge in [-0.2, -0.15) is 0 Å². The van der Waals surface area contributed by atoms with E-state index < -0.39 is 0 Å². The van der Waals surface area contributed by atoms with Crippen LogP contribution in [0.5, 0.6) is 0 Å². The van der Waals surface area contributed by atoms with Crippen LogP contribution >= 0.6 is 0 Å². The summed E-state index contributed by atoms with van der Waals surface area (Å²) in [4.78, 5) is 12.0. The first kappa shape index (κ1) is 18.8. The van der Waals surface area contributed by atoms with E-state index in [1.54, 1.807) is 0 Å². The highest BCUT2D eigenvalue weighted by Crippen LogP contribution is 2.66. The Morgan fingerprint density at radius 3 is 2.65 bits per heavy atom. The molecule has 0 spiro atoms. The second-order valence-electron chi connectivity index (χ2n) is 10.3. The molecule has 3 aliphatic carbocycles. The van der Waals surface area contributed by atoms with Crippen LogP contribution in [0.3, 0.4) is 0 Å². The van der Waals surface area contributed by atoms with Gasteiger partial charge in [-0.1, -0.05) is 34.1 Å². The molecule has 0 aromatic rings. The number of carbonyl (C=O) groups is 1. The first-order valence-corrected chi connectivity index (χ1v) is 11.3. The minimum absolute atomic E-state index is 0.284. The third kappa shape index (κ3) is 2.67. The molecule has 2 unspecified atom stereocenters. The molecule has 0 aromatic carbocycles. The number of piperidine rings is 1. The molecule has 26 heavy (non-hydrogen) atoms. The van der Waals surface area contributed by atoms with Crippen LogP contribution in [0.4, 0.5) is 0 Å². The molecule has 148 valence electrons. The van der Waals surface area contributed by atoms with E-state index in [-0.39, 0.29) is 5.91 Å². The Labute approximate surface area is 160 Å². The highest BCUT2D eigenvalue weighted by atomic mass is 16.5. The lowest BCUT2D eigenvalue weighted by atomic mass is 9.46. The van der Waals surface area contributed by atoms with Gasteiger partial charge in [-0.05, 0) is 79.4 Å². The van der Waals surface area contributed by atoms with E-state index in [0.717, 1.165) is 49.5 Å². The smallest absolute Gasteiger partial charge is 0.220 e. The average Bonchev–Trinajstić information content (AvgIpc) is 2.92. The van der Waals surface area contributed by atoms with Crippen molar-refractivity contribution >= 4 is 5.91 Å². The van der Waals surface area contributed by atoms with Gasteiger partial charge in [0, 0.05) is 19.1 Å². The van der Waals surface area contributed by atoms with Crippen molar-refractivity contribution in [2.24, 2.45) is 34.5 Å². The van der Waals surface area contributed by atoms with E-state index in [1.165, 1.54) is 38.5 Å². The molecule has 4 fully saturated rings. The van der Waals surface area contributed by atoms with Gasteiger partial charge in [-0.3, -0.25) is 4.79 Å². The van der Waals surface area contributed by atoms with Crippen molar-refractivity contribution in [1.82, 2.24) is 5.32 Å². The average molecular weight is 362 g/mol. The first-order valence-electron chi connectivity index (χ1n) is 11.3. The third-order valence-electron chi connectivity index (χ3n) is 9.20. The molecule has 1 N–H and O–H groups in total. The largest absolute Gasteiger partial charge is 0.378 e. The Morgan fingerprint density at radius 2 is 1.92 bits per heavy atom. The number of rotatable bonds is 4. The van der Waals surface area contributed by atoms with Gasteiger partial charge < -0.3 is 10.1 Å². The summed E-state index contributed by atoms with van der Waals surface area (Å²) in [5.74, 6) is 3.56. The monoisotopic (exact) mass is 361 g/mol. The van der Waals surface area contributed by atoms with Crippen molar-refractivity contribution in [2.45, 2.75) is 97.6 Å². The van der Waals surface area contributed by atoms with Crippen LogP contribution < -0.4 is 5.32 Å². The van der Waals surface area contributed by atoms with E-state index >= 15 is 0 Å². The molecule has 1 heterocycles. The maximum Gasteiger partial charge on any atom is 0.220 e. The van der Waals surface area contributed by atoms with E-state index in [4.69, 9.17) is 4.74 Å². The zero-order valence-corrected chi connectivity index (χ0v) is 17.4. The SMILES string of the molecule is CCCOC1CC(CC)[C@H]2[C@@H]3CC[C@H]4NC(=O)CC[C@]4(C)[C@H]3CC[C@]12C. The van der Waals surface area contributed by atoms with Gasteiger partial charge in [0.25, 0.3) is 0 Å². The van der Waals surface area contributed by atoms with Crippen LogP contribution in [0.25, 0.3) is 0 Å². The molecule has 0 bridgehead atoms. The lowest BCUT2D eigenvalue weighted by molar-refractivity contribution is -0.143. The summed E-state index contributed by atoms with van der Waals surface area (Å²) < 4.78 is 6.43. The van der Waals surface area contributed by atoms with E-state index in [0.29, 0.717) is 23.0 Å². The quantitative estimate of drug-likeness (QED) is 0.770. The van der Waals surface area contributed by atoms with E-state index in [1.807, 2.05) is 0 Å². The van der Waals surface area contributed by atoms with Crippen LogP contribution in [0, 0.1) is 34.5 Å². The molecule has 1 saturated heterocycles. The maximum atomic E-state index is 12.0. The van der Waals surface area contributed by atoms with Gasteiger partial charge in [0.15, 0.2) is 0 Å². The lowest BCUT2D eigenvalue weighted by Gasteiger charge is -2.60. The molecule has 3 saturated carbocycles. The van der Waals surface area contributed by atoms with Crippen LogP contribution in [-0.4, -0.2) is 24.7 Å². The number of hydrogen-bond donors (Lipinski definition) is 1. The van der Waals surface area contributed by atoms with Crippen LogP contribution in [0.15, 0.2) is 0 Å². The molecule has 3 nitrogen and oxygen atoms in total. The van der Waals surface area contributed by atoms with Gasteiger partial charge in [0.2, 0.25) is 5.91 Å². The first-order chi connectivity index (χ1) is 12.4. The Kier molecular flexibility index (Phi) is 4.91. The molecule has 8 atom stereocenters. The van der Waals surface area contributed by atoms with Gasteiger partial charge >= 0.3 is 0 Å². The van der Waals surface area contributed by atoms with Crippen LogP contribution in [-0.2, 0) is 9.53 Å². The predicted molar refractivity (Wildman–Crippen MR) is 105 cm³/mol. The van der Waals surface area contributed by atoms with Crippen molar-refractivity contribution < 1.29 is 9.53 Å². The fourth-order valence-electron chi connectivity index (χ4n) is 7.87. The van der Waals surface area contributed by atoms with Crippen LogP contribution in [0.1, 0.15) is 85.5 Å². The van der Waals surface area contributed by atoms with Crippen molar-refractivity contribution in [1.29, 1.82) is 0 Å². The number of fused-ring (bicyclic) bond motifs is 5. The van der Waals surface area contributed by atoms with E-state index in [2.05, 4.69) is 33.0 Å². The molecule has 0 radical (unpaired) electrons. The zero-order chi connectivity index (χ0) is 18.5. The molecule has 3 heteroatoms. The summed E-state index contributed by atoms with van der Waals surface area (Å²) in [5.41, 5.74) is 0.691. The van der Waals surface area contributed by atoms with Gasteiger partial charge in [-0.25, -0.2) is 0 Å². The second-order valence-corrected chi connectivity index (χ2v) is 10.3. The summed E-state index contributed by atoms with van der Waals surface area (Å²) in [7, 11) is 0. The van der Waals surface area contributed by atoms with Gasteiger partial charge in [-0.15, -0.1) is 0 Å². The highest BCUT2D eigenvalue weighted by Gasteiger charge is 2.62. The highest BCUT2D eigenvalue weighted by molar-refractivity contribution is 5.77. The number of carbonyl (C=O) groups excluding carboxylic acids is 1. The van der Waals surface area contributed by atoms with E-state index in [9.17, 15) is 4.79 Å². The van der Waals surface area contributed by atoms with Gasteiger partial charge in [0.1, 0.15) is 0 Å². The molecule has 4 aliphatic rings. The summed E-state index contributed by atoms with van der Waals surface area (Å²) in [5, 5.41) is 3.36. The summed E-state index contributed by atoms with van der Waals surface area (Å²) in [6, 6.07) is 0.419. The third-order valence-corrected chi connectivity index (χ3v) is 9.20. The zero-order valence-electron chi connectivity index (χ0n) is 17.4. The molecule has 1 aliphatic heterocycles. The van der Waals surface area contributed by atoms with Crippen LogP contribution in [0.2, 0.25) is 0 Å². The summed E-state index contributed by atoms with van der Waals surface area (Å²) >= 11 is 0. The van der Waals surface area contributed by atoms with Crippen molar-refractivity contribution in [3.63, 3.8) is 0 Å². The summed E-state index contributed by atoms with van der Waals surface area (Å²) in [6.45, 7) is 10.6. The Hall–Kier alpha value is -0.570. The molecule has 4 rings (SSSR count). The number of ether oxygens (including phenoxy) is 1. The fourth-order valence-corrected chi connectivity index (χ4v) is 7.87. The number of hydrogen-bond acceptors (Lipinski definition) is 2. The minimum atomic E-state index is 0.284. The number of amides is 1. The maximum absolute atomic E-state index is 12.0. The Morgan fingerprint density at radius 1 is 1.12 bits per heavy atom. The predicted octanol–water partition coefficient (Wildman–Crippen LogP) is 4.94. The Balaban J connectivity index is 1.61. The number of nitrogens with one attached hydrogen (secondary N) is 1. The second kappa shape index (κ2) is 6.79. The van der Waals surface area contributed by atoms with Crippen molar-refractivity contribution in [3.8, 4) is 0 Å². The summed E-state index contributed by atoms with van der Waals surface area (Å²) in [6.07, 6.45) is 11.1. The van der Waals surface area contributed by atoms with Crippen molar-refractivity contribution in [3.05, 3.63) is 0 Å². The molecule has 1 amide bonds.